The summed E-state index contributed by atoms with van der Waals surface area (Å²) in [5.41, 5.74) is 7.32. The number of hydrogen-bond acceptors (Lipinski definition) is 2. The van der Waals surface area contributed by atoms with Crippen molar-refractivity contribution in [2.24, 2.45) is 11.7 Å². The van der Waals surface area contributed by atoms with Crippen LogP contribution >= 0.6 is 15.9 Å². The Hall–Kier alpha value is -0.540. The zero-order chi connectivity index (χ0) is 12.1. The summed E-state index contributed by atoms with van der Waals surface area (Å²) in [6.07, 6.45) is 2.04. The standard InChI is InChI=1S/C13H20BrNO/c1-4-12(15)9(2)7-10-5-6-13(16-3)11(14)8-10/h5-6,8-9,12H,4,7,15H2,1-3H3. The molecule has 2 N–H and O–H groups in total. The van der Waals surface area contributed by atoms with E-state index in [0.29, 0.717) is 5.92 Å². The van der Waals surface area contributed by atoms with Crippen LogP contribution in [0.5, 0.6) is 5.75 Å². The fraction of sp³-hybridized carbons (Fsp3) is 0.538. The first-order chi connectivity index (χ1) is 7.58. The number of methoxy groups -OCH3 is 1. The van der Waals surface area contributed by atoms with Gasteiger partial charge in [0.15, 0.2) is 0 Å². The van der Waals surface area contributed by atoms with Crippen molar-refractivity contribution >= 4 is 15.9 Å². The van der Waals surface area contributed by atoms with Crippen molar-refractivity contribution in [3.63, 3.8) is 0 Å². The maximum absolute atomic E-state index is 6.02. The molecule has 2 atom stereocenters. The highest BCUT2D eigenvalue weighted by molar-refractivity contribution is 9.10. The average molecular weight is 286 g/mol. The lowest BCUT2D eigenvalue weighted by atomic mass is 9.93. The largest absolute Gasteiger partial charge is 0.496 e. The van der Waals surface area contributed by atoms with Gasteiger partial charge in [-0.2, -0.15) is 0 Å². The molecule has 0 spiro atoms. The third kappa shape index (κ3) is 3.49. The molecule has 0 heterocycles. The lowest BCUT2D eigenvalue weighted by Crippen LogP contribution is -2.28. The Morgan fingerprint density at radius 1 is 1.44 bits per heavy atom. The molecule has 0 saturated heterocycles. The maximum atomic E-state index is 6.02. The van der Waals surface area contributed by atoms with Gasteiger partial charge < -0.3 is 10.5 Å². The van der Waals surface area contributed by atoms with Crippen LogP contribution in [0.15, 0.2) is 22.7 Å². The Balaban J connectivity index is 2.71. The highest BCUT2D eigenvalue weighted by Gasteiger charge is 2.12. The second kappa shape index (κ2) is 6.26. The van der Waals surface area contributed by atoms with Gasteiger partial charge in [0, 0.05) is 6.04 Å². The minimum Gasteiger partial charge on any atom is -0.496 e. The van der Waals surface area contributed by atoms with Crippen LogP contribution in [0, 0.1) is 5.92 Å². The SMILES string of the molecule is CCC(N)C(C)Cc1ccc(OC)c(Br)c1. The molecule has 0 radical (unpaired) electrons. The van der Waals surface area contributed by atoms with Gasteiger partial charge in [0.05, 0.1) is 11.6 Å². The Bertz CT molecular complexity index is 341. The summed E-state index contributed by atoms with van der Waals surface area (Å²) in [4.78, 5) is 0. The Morgan fingerprint density at radius 2 is 2.12 bits per heavy atom. The van der Waals surface area contributed by atoms with Crippen LogP contribution in [-0.4, -0.2) is 13.2 Å². The molecule has 0 saturated carbocycles. The van der Waals surface area contributed by atoms with E-state index in [4.69, 9.17) is 10.5 Å². The summed E-state index contributed by atoms with van der Waals surface area (Å²) in [6, 6.07) is 6.48. The number of halogens is 1. The Labute approximate surface area is 106 Å². The lowest BCUT2D eigenvalue weighted by Gasteiger charge is -2.18. The van der Waals surface area contributed by atoms with E-state index in [0.717, 1.165) is 23.1 Å². The predicted molar refractivity (Wildman–Crippen MR) is 71.8 cm³/mol. The van der Waals surface area contributed by atoms with Crippen molar-refractivity contribution in [3.8, 4) is 5.75 Å². The monoisotopic (exact) mass is 285 g/mol. The molecule has 0 aliphatic rings. The molecule has 0 aromatic heterocycles. The van der Waals surface area contributed by atoms with Crippen molar-refractivity contribution in [2.75, 3.05) is 7.11 Å². The quantitative estimate of drug-likeness (QED) is 0.900. The summed E-state index contributed by atoms with van der Waals surface area (Å²) in [6.45, 7) is 4.33. The molecule has 2 nitrogen and oxygen atoms in total. The zero-order valence-corrected chi connectivity index (χ0v) is 11.8. The molecular formula is C13H20BrNO. The van der Waals surface area contributed by atoms with Crippen LogP contribution in [0.25, 0.3) is 0 Å². The number of benzene rings is 1. The number of rotatable bonds is 5. The highest BCUT2D eigenvalue weighted by atomic mass is 79.9. The predicted octanol–water partition coefficient (Wildman–Crippen LogP) is 3.37. The van der Waals surface area contributed by atoms with Crippen LogP contribution in [-0.2, 0) is 6.42 Å². The molecule has 1 aromatic rings. The number of ether oxygens (including phenoxy) is 1. The second-order valence-electron chi connectivity index (χ2n) is 4.22. The highest BCUT2D eigenvalue weighted by Crippen LogP contribution is 2.26. The van der Waals surface area contributed by atoms with Crippen LogP contribution in [0.3, 0.4) is 0 Å². The van der Waals surface area contributed by atoms with Gasteiger partial charge in [0.1, 0.15) is 5.75 Å². The van der Waals surface area contributed by atoms with E-state index >= 15 is 0 Å². The number of nitrogens with two attached hydrogens (primary N) is 1. The topological polar surface area (TPSA) is 35.2 Å². The first kappa shape index (κ1) is 13.5. The minimum atomic E-state index is 0.279. The van der Waals surface area contributed by atoms with E-state index in [-0.39, 0.29) is 6.04 Å². The fourth-order valence-electron chi connectivity index (χ4n) is 1.76. The van der Waals surface area contributed by atoms with E-state index in [1.807, 2.05) is 6.07 Å². The van der Waals surface area contributed by atoms with Crippen LogP contribution < -0.4 is 10.5 Å². The van der Waals surface area contributed by atoms with Gasteiger partial charge in [-0.15, -0.1) is 0 Å². The first-order valence-electron chi connectivity index (χ1n) is 5.66. The molecule has 0 aliphatic carbocycles. The van der Waals surface area contributed by atoms with Crippen LogP contribution in [0.2, 0.25) is 0 Å². The average Bonchev–Trinajstić information content (AvgIpc) is 2.28. The van der Waals surface area contributed by atoms with Crippen molar-refractivity contribution in [1.29, 1.82) is 0 Å². The Kier molecular flexibility index (Phi) is 5.29. The molecule has 16 heavy (non-hydrogen) atoms. The summed E-state index contributed by atoms with van der Waals surface area (Å²) in [5, 5.41) is 0. The van der Waals surface area contributed by atoms with Gasteiger partial charge in [-0.1, -0.05) is 19.9 Å². The normalized spacial score (nSPS) is 14.6. The molecule has 0 bridgehead atoms. The Morgan fingerprint density at radius 3 is 2.62 bits per heavy atom. The molecule has 3 heteroatoms. The molecule has 90 valence electrons. The van der Waals surface area contributed by atoms with Crippen LogP contribution in [0.4, 0.5) is 0 Å². The van der Waals surface area contributed by atoms with Gasteiger partial charge >= 0.3 is 0 Å². The minimum absolute atomic E-state index is 0.279. The number of hydrogen-bond donors (Lipinski definition) is 1. The lowest BCUT2D eigenvalue weighted by molar-refractivity contribution is 0.411. The van der Waals surface area contributed by atoms with Crippen LogP contribution in [0.1, 0.15) is 25.8 Å². The second-order valence-corrected chi connectivity index (χ2v) is 5.08. The first-order valence-corrected chi connectivity index (χ1v) is 6.45. The summed E-state index contributed by atoms with van der Waals surface area (Å²) >= 11 is 3.50. The van der Waals surface area contributed by atoms with E-state index in [2.05, 4.69) is 41.9 Å². The van der Waals surface area contributed by atoms with Gasteiger partial charge in [-0.3, -0.25) is 0 Å². The van der Waals surface area contributed by atoms with Crippen molar-refractivity contribution in [1.82, 2.24) is 0 Å². The molecule has 0 aliphatic heterocycles. The third-order valence-electron chi connectivity index (χ3n) is 2.98. The maximum Gasteiger partial charge on any atom is 0.133 e. The molecule has 2 unspecified atom stereocenters. The van der Waals surface area contributed by atoms with Crippen molar-refractivity contribution in [3.05, 3.63) is 28.2 Å². The van der Waals surface area contributed by atoms with E-state index in [1.54, 1.807) is 7.11 Å². The van der Waals surface area contributed by atoms with Crippen molar-refractivity contribution in [2.45, 2.75) is 32.7 Å². The molecule has 0 fully saturated rings. The summed E-state index contributed by atoms with van der Waals surface area (Å²) < 4.78 is 6.21. The fourth-order valence-corrected chi connectivity index (χ4v) is 2.35. The van der Waals surface area contributed by atoms with Gasteiger partial charge in [-0.05, 0) is 52.4 Å². The molecule has 0 amide bonds. The van der Waals surface area contributed by atoms with Gasteiger partial charge in [0.2, 0.25) is 0 Å². The molecular weight excluding hydrogens is 266 g/mol. The van der Waals surface area contributed by atoms with E-state index in [1.165, 1.54) is 5.56 Å². The summed E-state index contributed by atoms with van der Waals surface area (Å²) in [5.74, 6) is 1.38. The summed E-state index contributed by atoms with van der Waals surface area (Å²) in [7, 11) is 1.68. The molecule has 1 aromatic carbocycles. The van der Waals surface area contributed by atoms with Gasteiger partial charge in [-0.25, -0.2) is 0 Å². The van der Waals surface area contributed by atoms with Gasteiger partial charge in [0.25, 0.3) is 0 Å². The third-order valence-corrected chi connectivity index (χ3v) is 3.60. The zero-order valence-electron chi connectivity index (χ0n) is 10.2. The van der Waals surface area contributed by atoms with E-state index < -0.39 is 0 Å². The smallest absolute Gasteiger partial charge is 0.133 e. The molecule has 1 rings (SSSR count). The van der Waals surface area contributed by atoms with E-state index in [9.17, 15) is 0 Å². The van der Waals surface area contributed by atoms with Crippen molar-refractivity contribution < 1.29 is 4.74 Å².